The maximum absolute atomic E-state index is 12.5. The SMILES string of the molecule is CCOC(=O)Nc1cccc(OC(=O)C(C)(C)c2ccccc2)c1. The van der Waals surface area contributed by atoms with Gasteiger partial charge in [0, 0.05) is 11.8 Å². The van der Waals surface area contributed by atoms with Crippen LogP contribution in [-0.4, -0.2) is 18.7 Å². The van der Waals surface area contributed by atoms with Gasteiger partial charge in [-0.3, -0.25) is 10.1 Å². The lowest BCUT2D eigenvalue weighted by atomic mass is 9.85. The van der Waals surface area contributed by atoms with Crippen molar-refractivity contribution in [3.05, 3.63) is 60.2 Å². The van der Waals surface area contributed by atoms with Crippen molar-refractivity contribution >= 4 is 17.7 Å². The van der Waals surface area contributed by atoms with Crippen molar-refractivity contribution in [2.24, 2.45) is 0 Å². The van der Waals surface area contributed by atoms with Crippen LogP contribution in [0, 0.1) is 0 Å². The molecule has 0 aliphatic heterocycles. The molecule has 0 aromatic heterocycles. The molecule has 2 aromatic rings. The van der Waals surface area contributed by atoms with Gasteiger partial charge in [-0.25, -0.2) is 4.79 Å². The Labute approximate surface area is 141 Å². The lowest BCUT2D eigenvalue weighted by molar-refractivity contribution is -0.139. The van der Waals surface area contributed by atoms with Gasteiger partial charge >= 0.3 is 12.1 Å². The van der Waals surface area contributed by atoms with E-state index in [1.807, 2.05) is 44.2 Å². The Morgan fingerprint density at radius 3 is 2.42 bits per heavy atom. The molecule has 2 aromatic carbocycles. The number of carbonyl (C=O) groups is 2. The number of hydrogen-bond donors (Lipinski definition) is 1. The highest BCUT2D eigenvalue weighted by atomic mass is 16.5. The Balaban J connectivity index is 2.10. The normalized spacial score (nSPS) is 10.8. The molecule has 1 N–H and O–H groups in total. The monoisotopic (exact) mass is 327 g/mol. The number of hydrogen-bond acceptors (Lipinski definition) is 4. The van der Waals surface area contributed by atoms with Gasteiger partial charge in [0.25, 0.3) is 0 Å². The molecule has 0 aliphatic rings. The summed E-state index contributed by atoms with van der Waals surface area (Å²) in [6, 6.07) is 16.1. The van der Waals surface area contributed by atoms with Crippen LogP contribution in [-0.2, 0) is 14.9 Å². The fourth-order valence-corrected chi connectivity index (χ4v) is 2.13. The van der Waals surface area contributed by atoms with Crippen molar-refractivity contribution < 1.29 is 19.1 Å². The molecule has 2 rings (SSSR count). The van der Waals surface area contributed by atoms with Crippen molar-refractivity contribution in [1.29, 1.82) is 0 Å². The van der Waals surface area contributed by atoms with Gasteiger partial charge in [0.05, 0.1) is 12.0 Å². The van der Waals surface area contributed by atoms with E-state index in [1.54, 1.807) is 31.2 Å². The molecule has 0 atom stereocenters. The first-order valence-corrected chi connectivity index (χ1v) is 7.75. The predicted octanol–water partition coefficient (Wildman–Crippen LogP) is 4.14. The number of ether oxygens (including phenoxy) is 2. The number of amides is 1. The molecular formula is C19H21NO4. The van der Waals surface area contributed by atoms with E-state index >= 15 is 0 Å². The minimum atomic E-state index is -0.786. The number of anilines is 1. The summed E-state index contributed by atoms with van der Waals surface area (Å²) in [4.78, 5) is 24.0. The highest BCUT2D eigenvalue weighted by Gasteiger charge is 2.31. The summed E-state index contributed by atoms with van der Waals surface area (Å²) in [6.07, 6.45) is -0.550. The van der Waals surface area contributed by atoms with Gasteiger partial charge in [-0.05, 0) is 38.5 Å². The minimum absolute atomic E-state index is 0.284. The predicted molar refractivity (Wildman–Crippen MR) is 92.2 cm³/mol. The second kappa shape index (κ2) is 7.64. The zero-order chi connectivity index (χ0) is 17.6. The first kappa shape index (κ1) is 17.5. The van der Waals surface area contributed by atoms with Crippen molar-refractivity contribution in [2.75, 3.05) is 11.9 Å². The van der Waals surface area contributed by atoms with E-state index < -0.39 is 11.5 Å². The van der Waals surface area contributed by atoms with Crippen LogP contribution in [0.1, 0.15) is 26.3 Å². The van der Waals surface area contributed by atoms with Gasteiger partial charge in [-0.1, -0.05) is 36.4 Å². The van der Waals surface area contributed by atoms with Crippen LogP contribution in [0.5, 0.6) is 5.75 Å². The van der Waals surface area contributed by atoms with Gasteiger partial charge in [-0.15, -0.1) is 0 Å². The number of nitrogens with one attached hydrogen (secondary N) is 1. The van der Waals surface area contributed by atoms with Crippen LogP contribution in [0.4, 0.5) is 10.5 Å². The standard InChI is InChI=1S/C19H21NO4/c1-4-23-18(22)20-15-11-8-12-16(13-15)24-17(21)19(2,3)14-9-6-5-7-10-14/h5-13H,4H2,1-3H3,(H,20,22). The van der Waals surface area contributed by atoms with E-state index in [0.29, 0.717) is 11.4 Å². The van der Waals surface area contributed by atoms with Crippen LogP contribution in [0.15, 0.2) is 54.6 Å². The maximum Gasteiger partial charge on any atom is 0.411 e. The molecule has 0 radical (unpaired) electrons. The van der Waals surface area contributed by atoms with Gasteiger partial charge < -0.3 is 9.47 Å². The molecule has 126 valence electrons. The van der Waals surface area contributed by atoms with E-state index in [9.17, 15) is 9.59 Å². The molecule has 5 heteroatoms. The number of esters is 1. The summed E-state index contributed by atoms with van der Waals surface area (Å²) in [5, 5.41) is 2.57. The Morgan fingerprint density at radius 1 is 1.04 bits per heavy atom. The molecule has 0 spiro atoms. The summed E-state index contributed by atoms with van der Waals surface area (Å²) in [6.45, 7) is 5.63. The summed E-state index contributed by atoms with van der Waals surface area (Å²) in [7, 11) is 0. The third-order valence-corrected chi connectivity index (χ3v) is 3.57. The number of carbonyl (C=O) groups excluding carboxylic acids is 2. The summed E-state index contributed by atoms with van der Waals surface area (Å²) in [5.74, 6) is -0.0136. The van der Waals surface area contributed by atoms with Gasteiger partial charge in [0.1, 0.15) is 5.75 Å². The number of rotatable bonds is 5. The van der Waals surface area contributed by atoms with Crippen LogP contribution in [0.3, 0.4) is 0 Å². The molecule has 1 amide bonds. The molecule has 0 aliphatic carbocycles. The van der Waals surface area contributed by atoms with Gasteiger partial charge in [0.2, 0.25) is 0 Å². The summed E-state index contributed by atoms with van der Waals surface area (Å²) < 4.78 is 10.3. The van der Waals surface area contributed by atoms with E-state index in [2.05, 4.69) is 5.32 Å². The van der Waals surface area contributed by atoms with Gasteiger partial charge in [0.15, 0.2) is 0 Å². The molecule has 0 fully saturated rings. The van der Waals surface area contributed by atoms with E-state index in [1.165, 1.54) is 0 Å². The molecule has 0 bridgehead atoms. The van der Waals surface area contributed by atoms with Crippen LogP contribution >= 0.6 is 0 Å². The molecule has 24 heavy (non-hydrogen) atoms. The largest absolute Gasteiger partial charge is 0.450 e. The third-order valence-electron chi connectivity index (χ3n) is 3.57. The Bertz CT molecular complexity index is 710. The smallest absolute Gasteiger partial charge is 0.411 e. The van der Waals surface area contributed by atoms with E-state index in [0.717, 1.165) is 5.56 Å². The highest BCUT2D eigenvalue weighted by Crippen LogP contribution is 2.26. The average Bonchev–Trinajstić information content (AvgIpc) is 2.56. The Kier molecular flexibility index (Phi) is 5.58. The zero-order valence-electron chi connectivity index (χ0n) is 14.0. The maximum atomic E-state index is 12.5. The minimum Gasteiger partial charge on any atom is -0.450 e. The van der Waals surface area contributed by atoms with E-state index in [-0.39, 0.29) is 12.6 Å². The van der Waals surface area contributed by atoms with Crippen molar-refractivity contribution in [1.82, 2.24) is 0 Å². The Morgan fingerprint density at radius 2 is 1.75 bits per heavy atom. The zero-order valence-corrected chi connectivity index (χ0v) is 14.0. The summed E-state index contributed by atoms with van der Waals surface area (Å²) >= 11 is 0. The molecule has 0 saturated heterocycles. The van der Waals surface area contributed by atoms with Crippen molar-refractivity contribution in [2.45, 2.75) is 26.2 Å². The second-order valence-corrected chi connectivity index (χ2v) is 5.75. The first-order valence-electron chi connectivity index (χ1n) is 7.75. The number of benzene rings is 2. The first-order chi connectivity index (χ1) is 11.4. The molecule has 0 heterocycles. The van der Waals surface area contributed by atoms with E-state index in [4.69, 9.17) is 9.47 Å². The van der Waals surface area contributed by atoms with Crippen molar-refractivity contribution in [3.63, 3.8) is 0 Å². The van der Waals surface area contributed by atoms with Gasteiger partial charge in [-0.2, -0.15) is 0 Å². The molecule has 0 unspecified atom stereocenters. The van der Waals surface area contributed by atoms with Crippen LogP contribution < -0.4 is 10.1 Å². The molecule has 5 nitrogen and oxygen atoms in total. The Hall–Kier alpha value is -2.82. The lowest BCUT2D eigenvalue weighted by Crippen LogP contribution is -2.33. The van der Waals surface area contributed by atoms with Crippen molar-refractivity contribution in [3.8, 4) is 5.75 Å². The molecular weight excluding hydrogens is 306 g/mol. The molecule has 0 saturated carbocycles. The fraction of sp³-hybridized carbons (Fsp3) is 0.263. The summed E-state index contributed by atoms with van der Waals surface area (Å²) in [5.41, 5.74) is 0.582. The topological polar surface area (TPSA) is 64.6 Å². The average molecular weight is 327 g/mol. The fourth-order valence-electron chi connectivity index (χ4n) is 2.13. The highest BCUT2D eigenvalue weighted by molar-refractivity contribution is 5.86. The third kappa shape index (κ3) is 4.35. The lowest BCUT2D eigenvalue weighted by Gasteiger charge is -2.23. The second-order valence-electron chi connectivity index (χ2n) is 5.75. The van der Waals surface area contributed by atoms with Crippen LogP contribution in [0.2, 0.25) is 0 Å². The quantitative estimate of drug-likeness (QED) is 0.662. The van der Waals surface area contributed by atoms with Crippen LogP contribution in [0.25, 0.3) is 0 Å².